The van der Waals surface area contributed by atoms with Crippen molar-refractivity contribution in [2.75, 3.05) is 13.2 Å². The lowest BCUT2D eigenvalue weighted by Crippen LogP contribution is -2.31. The van der Waals surface area contributed by atoms with E-state index in [1.54, 1.807) is 4.57 Å². The average Bonchev–Trinajstić information content (AvgIpc) is 3.74. The lowest BCUT2D eigenvalue weighted by molar-refractivity contribution is -0.527. The highest BCUT2D eigenvalue weighted by atomic mass is 35.5. The number of esters is 2. The lowest BCUT2D eigenvalue weighted by atomic mass is 9.98. The predicted octanol–water partition coefficient (Wildman–Crippen LogP) is 4.43. The number of aromatic nitrogens is 6. The molecule has 0 radical (unpaired) electrons. The minimum absolute atomic E-state index is 0.0170. The first kappa shape index (κ1) is 38.4. The van der Waals surface area contributed by atoms with Gasteiger partial charge in [-0.15, -0.1) is 10.2 Å². The van der Waals surface area contributed by atoms with Crippen LogP contribution in [0.15, 0.2) is 48.5 Å². The van der Waals surface area contributed by atoms with Crippen LogP contribution in [0.3, 0.4) is 0 Å². The summed E-state index contributed by atoms with van der Waals surface area (Å²) in [5.74, 6) is -0.536. The Balaban J connectivity index is 1.39. The lowest BCUT2D eigenvalue weighted by Gasteiger charge is -2.19. The average molecular weight is 719 g/mol. The number of aromatic amines is 1. The predicted molar refractivity (Wildman–Crippen MR) is 171 cm³/mol. The van der Waals surface area contributed by atoms with E-state index in [2.05, 4.69) is 35.3 Å². The molecule has 0 aliphatic heterocycles. The number of benzene rings is 2. The number of halogens is 1. The van der Waals surface area contributed by atoms with Crippen molar-refractivity contribution < 1.29 is 49.6 Å². The van der Waals surface area contributed by atoms with Crippen LogP contribution in [0.5, 0.6) is 0 Å². The summed E-state index contributed by atoms with van der Waals surface area (Å²) in [6.45, 7) is 3.23. The van der Waals surface area contributed by atoms with Crippen LogP contribution in [0, 0.1) is 0 Å². The molecule has 270 valence electrons. The SMILES string of the molecule is CCCCc1nc(Cl)c(C(=O)OC(C)C(=O)OCCCCC(CON(O)O)ON(O)O)n1Cc1ccc(-c2ccccc2-c2nn[nH]n2)cc1. The minimum atomic E-state index is -1.26. The molecule has 0 spiro atoms. The number of hydrogen-bond acceptors (Lipinski definition) is 16. The molecule has 50 heavy (non-hydrogen) atoms. The number of unbranched alkanes of at least 4 members (excludes halogenated alkanes) is 2. The Morgan fingerprint density at radius 2 is 1.74 bits per heavy atom. The van der Waals surface area contributed by atoms with E-state index in [0.717, 1.165) is 35.1 Å². The number of imidazole rings is 1. The molecule has 2 heterocycles. The number of nitrogens with zero attached hydrogens (tertiary/aromatic N) is 7. The molecule has 0 aliphatic carbocycles. The van der Waals surface area contributed by atoms with E-state index < -0.39 is 41.5 Å². The van der Waals surface area contributed by atoms with E-state index in [1.807, 2.05) is 55.5 Å². The summed E-state index contributed by atoms with van der Waals surface area (Å²) in [4.78, 5) is 39.6. The maximum Gasteiger partial charge on any atom is 0.359 e. The molecule has 0 aliphatic rings. The van der Waals surface area contributed by atoms with Crippen molar-refractivity contribution in [1.82, 2.24) is 41.0 Å². The molecule has 19 heteroatoms. The Kier molecular flexibility index (Phi) is 14.7. The summed E-state index contributed by atoms with van der Waals surface area (Å²) in [5, 5.41) is 48.3. The number of ether oxygens (including phenoxy) is 2. The zero-order chi connectivity index (χ0) is 36.0. The number of rotatable bonds is 20. The highest BCUT2D eigenvalue weighted by Crippen LogP contribution is 2.30. The number of aryl methyl sites for hydroxylation is 1. The van der Waals surface area contributed by atoms with Crippen LogP contribution in [-0.2, 0) is 36.9 Å². The molecular weight excluding hydrogens is 680 g/mol. The molecule has 0 fully saturated rings. The molecule has 0 bridgehead atoms. The van der Waals surface area contributed by atoms with E-state index in [-0.39, 0.29) is 30.4 Å². The molecule has 4 rings (SSSR count). The van der Waals surface area contributed by atoms with E-state index in [9.17, 15) is 9.59 Å². The van der Waals surface area contributed by atoms with E-state index in [0.29, 0.717) is 30.9 Å². The zero-order valence-corrected chi connectivity index (χ0v) is 28.1. The first-order valence-electron chi connectivity index (χ1n) is 15.8. The highest BCUT2D eigenvalue weighted by molar-refractivity contribution is 6.32. The van der Waals surface area contributed by atoms with Crippen LogP contribution < -0.4 is 0 Å². The molecule has 4 aromatic rings. The Morgan fingerprint density at radius 1 is 1.00 bits per heavy atom. The van der Waals surface area contributed by atoms with Gasteiger partial charge < -0.3 is 14.0 Å². The molecule has 2 aromatic heterocycles. The minimum Gasteiger partial charge on any atom is -0.463 e. The summed E-state index contributed by atoms with van der Waals surface area (Å²) in [7, 11) is 0. The van der Waals surface area contributed by atoms with Crippen molar-refractivity contribution in [2.24, 2.45) is 0 Å². The molecule has 0 saturated carbocycles. The van der Waals surface area contributed by atoms with Gasteiger partial charge in [-0.05, 0) is 54.5 Å². The largest absolute Gasteiger partial charge is 0.463 e. The summed E-state index contributed by atoms with van der Waals surface area (Å²) < 4.78 is 12.4. The quantitative estimate of drug-likeness (QED) is 0.0483. The zero-order valence-electron chi connectivity index (χ0n) is 27.4. The van der Waals surface area contributed by atoms with Gasteiger partial charge >= 0.3 is 11.9 Å². The third-order valence-electron chi connectivity index (χ3n) is 7.47. The van der Waals surface area contributed by atoms with Crippen LogP contribution >= 0.6 is 11.6 Å². The molecule has 18 nitrogen and oxygen atoms in total. The van der Waals surface area contributed by atoms with Gasteiger partial charge in [0.25, 0.3) is 0 Å². The van der Waals surface area contributed by atoms with Crippen molar-refractivity contribution in [2.45, 2.75) is 71.1 Å². The smallest absolute Gasteiger partial charge is 0.359 e. The maximum absolute atomic E-state index is 13.4. The Bertz CT molecular complexity index is 1650. The van der Waals surface area contributed by atoms with E-state index >= 15 is 0 Å². The fourth-order valence-electron chi connectivity index (χ4n) is 5.01. The van der Waals surface area contributed by atoms with Crippen LogP contribution in [0.2, 0.25) is 5.15 Å². The van der Waals surface area contributed by atoms with Gasteiger partial charge in [0.15, 0.2) is 17.0 Å². The first-order chi connectivity index (χ1) is 24.1. The van der Waals surface area contributed by atoms with Crippen molar-refractivity contribution in [3.8, 4) is 22.5 Å². The number of nitrogens with one attached hydrogen (secondary N) is 1. The number of carbonyl (C=O) groups excluding carboxylic acids is 2. The molecule has 2 atom stereocenters. The molecule has 2 unspecified atom stereocenters. The Labute approximate surface area is 291 Å². The summed E-state index contributed by atoms with van der Waals surface area (Å²) in [6, 6.07) is 15.5. The summed E-state index contributed by atoms with van der Waals surface area (Å²) in [6.07, 6.45) is 0.922. The number of hydrogen-bond donors (Lipinski definition) is 5. The monoisotopic (exact) mass is 718 g/mol. The van der Waals surface area contributed by atoms with Crippen molar-refractivity contribution >= 4 is 23.5 Å². The normalized spacial score (nSPS) is 12.7. The fraction of sp³-hybridized carbons (Fsp3) is 0.419. The highest BCUT2D eigenvalue weighted by Gasteiger charge is 2.28. The first-order valence-corrected chi connectivity index (χ1v) is 16.1. The second-order valence-corrected chi connectivity index (χ2v) is 11.4. The molecule has 5 N–H and O–H groups in total. The molecular formula is C31H39ClN8O10. The van der Waals surface area contributed by atoms with E-state index in [4.69, 9.17) is 41.9 Å². The van der Waals surface area contributed by atoms with Gasteiger partial charge in [-0.2, -0.15) is 5.21 Å². The molecule has 2 aromatic carbocycles. The van der Waals surface area contributed by atoms with Gasteiger partial charge in [0.05, 0.1) is 17.4 Å². The number of carbonyl (C=O) groups is 2. The number of H-pyrrole nitrogens is 1. The van der Waals surface area contributed by atoms with E-state index in [1.165, 1.54) is 6.92 Å². The maximum atomic E-state index is 13.4. The van der Waals surface area contributed by atoms with Gasteiger partial charge in [-0.25, -0.2) is 24.2 Å². The Morgan fingerprint density at radius 3 is 2.40 bits per heavy atom. The summed E-state index contributed by atoms with van der Waals surface area (Å²) >= 11 is 6.49. The van der Waals surface area contributed by atoms with Crippen molar-refractivity contribution in [3.05, 3.63) is 70.8 Å². The van der Waals surface area contributed by atoms with Crippen molar-refractivity contribution in [1.29, 1.82) is 0 Å². The second-order valence-electron chi connectivity index (χ2n) is 11.1. The standard InChI is InChI=1S/C31H39ClN8O10/c1-3-4-12-26-33-28(32)27(31(42)49-20(2)30(41)47-17-8-7-9-23(50-40(45)46)19-48-39(43)44)38(26)18-21-13-15-22(16-14-21)24-10-5-6-11-25(24)29-34-36-37-35-29/h5-6,10-11,13-16,20,23,43-46H,3-4,7-9,12,17-19H2,1-2H3,(H,34,35,36,37). The van der Waals surface area contributed by atoms with Crippen LogP contribution in [-0.4, -0.2) is 99.1 Å². The fourth-order valence-corrected chi connectivity index (χ4v) is 5.29. The molecule has 0 amide bonds. The summed E-state index contributed by atoms with van der Waals surface area (Å²) in [5.41, 5.74) is 3.56. The van der Waals surface area contributed by atoms with Crippen LogP contribution in [0.4, 0.5) is 0 Å². The topological polar surface area (TPSA) is 231 Å². The third kappa shape index (κ3) is 11.1. The van der Waals surface area contributed by atoms with Gasteiger partial charge in [-0.3, -0.25) is 20.8 Å². The van der Waals surface area contributed by atoms with Crippen molar-refractivity contribution in [3.63, 3.8) is 0 Å². The van der Waals surface area contributed by atoms with Gasteiger partial charge in [0, 0.05) is 18.5 Å². The third-order valence-corrected chi connectivity index (χ3v) is 7.73. The van der Waals surface area contributed by atoms with Gasteiger partial charge in [0.2, 0.25) is 5.82 Å². The Hall–Kier alpha value is -4.37. The van der Waals surface area contributed by atoms with Crippen LogP contribution in [0.25, 0.3) is 22.5 Å². The molecule has 0 saturated heterocycles. The van der Waals surface area contributed by atoms with Gasteiger partial charge in [0.1, 0.15) is 18.5 Å². The van der Waals surface area contributed by atoms with Gasteiger partial charge in [-0.1, -0.05) is 73.5 Å². The second kappa shape index (κ2) is 19.1. The number of tetrazole rings is 1. The van der Waals surface area contributed by atoms with Crippen LogP contribution in [0.1, 0.15) is 67.8 Å².